The molecule has 21 heavy (non-hydrogen) atoms. The van der Waals surface area contributed by atoms with Crippen molar-refractivity contribution in [2.24, 2.45) is 11.8 Å². The molecule has 2 rings (SSSR count). The second-order valence-corrected chi connectivity index (χ2v) is 5.24. The van der Waals surface area contributed by atoms with Crippen molar-refractivity contribution in [1.82, 2.24) is 10.6 Å². The number of halogens is 1. The van der Waals surface area contributed by atoms with E-state index in [9.17, 15) is 9.90 Å². The number of amides is 1. The second-order valence-electron chi connectivity index (χ2n) is 5.24. The van der Waals surface area contributed by atoms with E-state index in [0.717, 1.165) is 24.4 Å². The maximum absolute atomic E-state index is 11.9. The van der Waals surface area contributed by atoms with Crippen LogP contribution in [0.2, 0.25) is 0 Å². The summed E-state index contributed by atoms with van der Waals surface area (Å²) in [4.78, 5) is 11.9. The smallest absolute Gasteiger partial charge is 0.223 e. The number of rotatable bonds is 6. The van der Waals surface area contributed by atoms with E-state index < -0.39 is 6.10 Å². The highest BCUT2D eigenvalue weighted by molar-refractivity contribution is 5.85. The molecule has 1 aliphatic heterocycles. The third-order valence-electron chi connectivity index (χ3n) is 3.90. The normalized spacial score (nSPS) is 17.1. The first-order valence-corrected chi connectivity index (χ1v) is 6.92. The summed E-state index contributed by atoms with van der Waals surface area (Å²) in [7, 11) is 1.60. The van der Waals surface area contributed by atoms with Crippen LogP contribution in [0, 0.1) is 11.8 Å². The Balaban J connectivity index is 0.00000220. The lowest BCUT2D eigenvalue weighted by Crippen LogP contribution is -2.50. The van der Waals surface area contributed by atoms with E-state index in [1.807, 2.05) is 6.92 Å². The minimum atomic E-state index is -0.698. The highest BCUT2D eigenvalue weighted by Gasteiger charge is 2.28. The Kier molecular flexibility index (Phi) is 6.95. The largest absolute Gasteiger partial charge is 0.497 e. The number of aliphatic hydroxyl groups is 1. The Bertz CT molecular complexity index is 449. The van der Waals surface area contributed by atoms with Crippen molar-refractivity contribution < 1.29 is 14.6 Å². The molecule has 0 bridgehead atoms. The fraction of sp³-hybridized carbons (Fsp3) is 0.533. The van der Waals surface area contributed by atoms with Crippen molar-refractivity contribution in [1.29, 1.82) is 0 Å². The van der Waals surface area contributed by atoms with Gasteiger partial charge in [0.15, 0.2) is 0 Å². The Hall–Kier alpha value is -1.30. The van der Waals surface area contributed by atoms with E-state index in [-0.39, 0.29) is 30.8 Å². The number of carbonyl (C=O) groups is 1. The van der Waals surface area contributed by atoms with E-state index in [2.05, 4.69) is 10.6 Å². The first-order chi connectivity index (χ1) is 9.61. The molecular weight excluding hydrogens is 292 g/mol. The van der Waals surface area contributed by atoms with E-state index >= 15 is 0 Å². The van der Waals surface area contributed by atoms with Crippen molar-refractivity contribution in [3.8, 4) is 5.75 Å². The van der Waals surface area contributed by atoms with Crippen LogP contribution < -0.4 is 15.4 Å². The molecule has 1 heterocycles. The standard InChI is InChI=1S/C15H22N2O3.ClH/c1-10(12-7-16-8-12)15(19)17-9-14(18)11-3-5-13(20-2)6-4-11;/h3-6,10,12,14,16,18H,7-9H2,1-2H3,(H,17,19);1H. The highest BCUT2D eigenvalue weighted by Crippen LogP contribution is 2.18. The Morgan fingerprint density at radius 3 is 2.52 bits per heavy atom. The molecule has 1 aliphatic rings. The van der Waals surface area contributed by atoms with Crippen LogP contribution in [-0.2, 0) is 4.79 Å². The van der Waals surface area contributed by atoms with E-state index in [1.165, 1.54) is 0 Å². The van der Waals surface area contributed by atoms with E-state index in [4.69, 9.17) is 4.74 Å². The van der Waals surface area contributed by atoms with Gasteiger partial charge in [-0.15, -0.1) is 12.4 Å². The SMILES string of the molecule is COc1ccc(C(O)CNC(=O)C(C)C2CNC2)cc1.Cl. The minimum absolute atomic E-state index is 0. The van der Waals surface area contributed by atoms with Gasteiger partial charge in [0.05, 0.1) is 13.2 Å². The molecule has 1 aromatic rings. The van der Waals surface area contributed by atoms with Gasteiger partial charge in [-0.1, -0.05) is 19.1 Å². The molecule has 5 nitrogen and oxygen atoms in total. The first-order valence-electron chi connectivity index (χ1n) is 6.92. The van der Waals surface area contributed by atoms with E-state index in [0.29, 0.717) is 5.92 Å². The lowest BCUT2D eigenvalue weighted by Gasteiger charge is -2.31. The average Bonchev–Trinajstić information content (AvgIpc) is 2.42. The maximum atomic E-state index is 11.9. The topological polar surface area (TPSA) is 70.6 Å². The van der Waals surface area contributed by atoms with Crippen molar-refractivity contribution >= 4 is 18.3 Å². The lowest BCUT2D eigenvalue weighted by atomic mass is 9.88. The fourth-order valence-corrected chi connectivity index (χ4v) is 2.18. The number of aliphatic hydroxyl groups excluding tert-OH is 1. The number of carbonyl (C=O) groups excluding carboxylic acids is 1. The third-order valence-corrected chi connectivity index (χ3v) is 3.90. The van der Waals surface area contributed by atoms with Gasteiger partial charge >= 0.3 is 0 Å². The van der Waals surface area contributed by atoms with Gasteiger partial charge in [-0.25, -0.2) is 0 Å². The zero-order chi connectivity index (χ0) is 14.5. The summed E-state index contributed by atoms with van der Waals surface area (Å²) in [6, 6.07) is 7.19. The van der Waals surface area contributed by atoms with Gasteiger partial charge in [-0.3, -0.25) is 4.79 Å². The van der Waals surface area contributed by atoms with E-state index in [1.54, 1.807) is 31.4 Å². The van der Waals surface area contributed by atoms with Gasteiger partial charge in [0.1, 0.15) is 5.75 Å². The van der Waals surface area contributed by atoms with Crippen molar-refractivity contribution in [3.05, 3.63) is 29.8 Å². The lowest BCUT2D eigenvalue weighted by molar-refractivity contribution is -0.127. The molecule has 0 radical (unpaired) electrons. The molecule has 0 saturated carbocycles. The van der Waals surface area contributed by atoms with Crippen LogP contribution in [0.1, 0.15) is 18.6 Å². The van der Waals surface area contributed by atoms with Crippen molar-refractivity contribution in [2.75, 3.05) is 26.7 Å². The minimum Gasteiger partial charge on any atom is -0.497 e. The summed E-state index contributed by atoms with van der Waals surface area (Å²) < 4.78 is 5.07. The summed E-state index contributed by atoms with van der Waals surface area (Å²) in [5.41, 5.74) is 0.768. The molecule has 0 spiro atoms. The Morgan fingerprint density at radius 2 is 2.05 bits per heavy atom. The molecule has 2 unspecified atom stereocenters. The number of hydrogen-bond acceptors (Lipinski definition) is 4. The zero-order valence-corrected chi connectivity index (χ0v) is 13.2. The number of nitrogens with one attached hydrogen (secondary N) is 2. The molecule has 1 fully saturated rings. The Morgan fingerprint density at radius 1 is 1.43 bits per heavy atom. The van der Waals surface area contributed by atoms with Crippen LogP contribution in [-0.4, -0.2) is 37.8 Å². The monoisotopic (exact) mass is 314 g/mol. The number of hydrogen-bond donors (Lipinski definition) is 3. The van der Waals surface area contributed by atoms with Gasteiger partial charge in [-0.2, -0.15) is 0 Å². The van der Waals surface area contributed by atoms with Crippen molar-refractivity contribution in [2.45, 2.75) is 13.0 Å². The van der Waals surface area contributed by atoms with Crippen LogP contribution >= 0.6 is 12.4 Å². The summed E-state index contributed by atoms with van der Waals surface area (Å²) in [5, 5.41) is 16.0. The highest BCUT2D eigenvalue weighted by atomic mass is 35.5. The van der Waals surface area contributed by atoms with Gasteiger partial charge in [0.25, 0.3) is 0 Å². The van der Waals surface area contributed by atoms with Gasteiger partial charge in [0, 0.05) is 12.5 Å². The van der Waals surface area contributed by atoms with Crippen LogP contribution in [0.15, 0.2) is 24.3 Å². The second kappa shape index (κ2) is 8.22. The molecule has 1 aromatic carbocycles. The van der Waals surface area contributed by atoms with Crippen LogP contribution in [0.25, 0.3) is 0 Å². The summed E-state index contributed by atoms with van der Waals surface area (Å²) >= 11 is 0. The third kappa shape index (κ3) is 4.59. The first kappa shape index (κ1) is 17.8. The molecule has 1 saturated heterocycles. The molecule has 2 atom stereocenters. The van der Waals surface area contributed by atoms with Gasteiger partial charge in [0.2, 0.25) is 5.91 Å². The zero-order valence-electron chi connectivity index (χ0n) is 12.3. The number of benzene rings is 1. The summed E-state index contributed by atoms with van der Waals surface area (Å²) in [5.74, 6) is 1.15. The Labute approximate surface area is 131 Å². The molecule has 1 amide bonds. The van der Waals surface area contributed by atoms with Crippen LogP contribution in [0.5, 0.6) is 5.75 Å². The van der Waals surface area contributed by atoms with Crippen LogP contribution in [0.4, 0.5) is 0 Å². The van der Waals surface area contributed by atoms with Crippen molar-refractivity contribution in [3.63, 3.8) is 0 Å². The number of ether oxygens (including phenoxy) is 1. The molecule has 0 aromatic heterocycles. The molecule has 0 aliphatic carbocycles. The molecule has 6 heteroatoms. The fourth-order valence-electron chi connectivity index (χ4n) is 2.18. The summed E-state index contributed by atoms with van der Waals surface area (Å²) in [6.07, 6.45) is -0.698. The molecule has 3 N–H and O–H groups in total. The predicted molar refractivity (Wildman–Crippen MR) is 83.7 cm³/mol. The number of methoxy groups -OCH3 is 1. The van der Waals surface area contributed by atoms with Gasteiger partial charge in [-0.05, 0) is 36.7 Å². The van der Waals surface area contributed by atoms with Crippen LogP contribution in [0.3, 0.4) is 0 Å². The molecular formula is C15H23ClN2O3. The van der Waals surface area contributed by atoms with Gasteiger partial charge < -0.3 is 20.5 Å². The quantitative estimate of drug-likeness (QED) is 0.736. The summed E-state index contributed by atoms with van der Waals surface area (Å²) in [6.45, 7) is 3.96. The predicted octanol–water partition coefficient (Wildman–Crippen LogP) is 1.12. The average molecular weight is 315 g/mol. The maximum Gasteiger partial charge on any atom is 0.223 e. The molecule has 118 valence electrons.